The van der Waals surface area contributed by atoms with E-state index in [4.69, 9.17) is 0 Å². The summed E-state index contributed by atoms with van der Waals surface area (Å²) in [6, 6.07) is 0. The molecule has 0 aliphatic rings. The van der Waals surface area contributed by atoms with Crippen molar-refractivity contribution in [3.8, 4) is 0 Å². The lowest BCUT2D eigenvalue weighted by Gasteiger charge is -2.39. The van der Waals surface area contributed by atoms with E-state index in [2.05, 4.69) is 27.7 Å². The zero-order valence-corrected chi connectivity index (χ0v) is 14.8. The van der Waals surface area contributed by atoms with Crippen molar-refractivity contribution < 1.29 is 9.96 Å². The number of nitrogens with zero attached hydrogens (tertiary/aromatic N) is 1. The number of hydrogen-bond donors (Lipinski definition) is 0. The van der Waals surface area contributed by atoms with E-state index in [9.17, 15) is 0 Å². The van der Waals surface area contributed by atoms with Gasteiger partial charge in [0.1, 0.15) is 0 Å². The molecule has 0 unspecified atom stereocenters. The molecule has 0 saturated heterocycles. The molecule has 0 saturated carbocycles. The molecule has 0 aromatic rings. The molecule has 0 aliphatic carbocycles. The van der Waals surface area contributed by atoms with Crippen LogP contribution >= 0.6 is 0 Å². The first kappa shape index (κ1) is 22.2. The van der Waals surface area contributed by atoms with Crippen LogP contribution in [-0.4, -0.2) is 36.1 Å². The molecule has 0 atom stereocenters. The number of rotatable bonds is 14. The molecule has 0 radical (unpaired) electrons. The summed E-state index contributed by atoms with van der Waals surface area (Å²) in [6.07, 6.45) is 14.0. The molecular formula is C18H41NO. The van der Waals surface area contributed by atoms with E-state index in [1.165, 1.54) is 94.9 Å². The number of hydrogen-bond acceptors (Lipinski definition) is 1. The summed E-state index contributed by atoms with van der Waals surface area (Å²) in [5.41, 5.74) is 0. The second-order valence-electron chi connectivity index (χ2n) is 6.36. The Kier molecular flexibility index (Phi) is 17.0. The quantitative estimate of drug-likeness (QED) is 0.302. The van der Waals surface area contributed by atoms with Crippen LogP contribution in [0.25, 0.3) is 0 Å². The van der Waals surface area contributed by atoms with E-state index in [1.807, 2.05) is 0 Å². The maximum Gasteiger partial charge on any atom is 0.0786 e. The predicted octanol–water partition coefficient (Wildman–Crippen LogP) is 5.61. The lowest BCUT2D eigenvalue weighted by Crippen LogP contribution is -2.50. The van der Waals surface area contributed by atoms with Gasteiger partial charge in [-0.05, 0) is 44.9 Å². The van der Waals surface area contributed by atoms with Gasteiger partial charge in [-0.15, -0.1) is 0 Å². The van der Waals surface area contributed by atoms with Gasteiger partial charge in [-0.3, -0.25) is 0 Å². The minimum Gasteiger partial charge on any atom is -0.870 e. The van der Waals surface area contributed by atoms with Crippen molar-refractivity contribution >= 4 is 0 Å². The second kappa shape index (κ2) is 15.3. The largest absolute Gasteiger partial charge is 0.870 e. The van der Waals surface area contributed by atoms with Crippen LogP contribution in [-0.2, 0) is 0 Å². The van der Waals surface area contributed by atoms with Crippen molar-refractivity contribution in [1.82, 2.24) is 0 Å². The molecule has 0 aromatic heterocycles. The fourth-order valence-corrected chi connectivity index (χ4v) is 3.24. The Morgan fingerprint density at radius 2 is 0.800 bits per heavy atom. The van der Waals surface area contributed by atoms with Gasteiger partial charge in [-0.2, -0.15) is 0 Å². The van der Waals surface area contributed by atoms with E-state index in [0.717, 1.165) is 0 Å². The summed E-state index contributed by atoms with van der Waals surface area (Å²) in [7, 11) is 0. The monoisotopic (exact) mass is 287 g/mol. The highest BCUT2D eigenvalue weighted by molar-refractivity contribution is 4.50. The molecule has 0 rings (SSSR count). The fraction of sp³-hybridized carbons (Fsp3) is 1.00. The van der Waals surface area contributed by atoms with Crippen molar-refractivity contribution in [3.63, 3.8) is 0 Å². The van der Waals surface area contributed by atoms with Gasteiger partial charge in [0.2, 0.25) is 0 Å². The van der Waals surface area contributed by atoms with Gasteiger partial charge in [0.25, 0.3) is 0 Å². The standard InChI is InChI=1S/C18H40N.H2O/c1-5-9-12-16-19(15-8-4,17-13-10-6-2)18-14-11-7-3;/h5-18H2,1-4H3;1H2/q+1;/p-1. The minimum atomic E-state index is 0. The third kappa shape index (κ3) is 10.7. The SMILES string of the molecule is CCCCC[N+](CCC)(CCCCC)CCCCC.[OH-]. The predicted molar refractivity (Wildman–Crippen MR) is 90.5 cm³/mol. The van der Waals surface area contributed by atoms with E-state index in [-0.39, 0.29) is 5.48 Å². The lowest BCUT2D eigenvalue weighted by atomic mass is 10.1. The van der Waals surface area contributed by atoms with E-state index in [0.29, 0.717) is 0 Å². The molecule has 124 valence electrons. The van der Waals surface area contributed by atoms with Crippen molar-refractivity contribution in [2.45, 2.75) is 91.9 Å². The average Bonchev–Trinajstić information content (AvgIpc) is 2.40. The van der Waals surface area contributed by atoms with Crippen molar-refractivity contribution in [1.29, 1.82) is 0 Å². The molecule has 0 heterocycles. The Hall–Kier alpha value is -0.0800. The third-order valence-electron chi connectivity index (χ3n) is 4.41. The van der Waals surface area contributed by atoms with Crippen LogP contribution in [0.2, 0.25) is 0 Å². The summed E-state index contributed by atoms with van der Waals surface area (Å²) < 4.78 is 1.43. The van der Waals surface area contributed by atoms with Crippen LogP contribution in [0.1, 0.15) is 91.9 Å². The minimum absolute atomic E-state index is 0. The Morgan fingerprint density at radius 1 is 0.450 bits per heavy atom. The molecule has 0 bridgehead atoms. The lowest BCUT2D eigenvalue weighted by molar-refractivity contribution is -0.929. The van der Waals surface area contributed by atoms with Crippen molar-refractivity contribution in [2.24, 2.45) is 0 Å². The normalized spacial score (nSPS) is 11.4. The van der Waals surface area contributed by atoms with Gasteiger partial charge in [0.15, 0.2) is 0 Å². The van der Waals surface area contributed by atoms with Crippen LogP contribution in [0.5, 0.6) is 0 Å². The topological polar surface area (TPSA) is 30.0 Å². The molecule has 1 N–H and O–H groups in total. The van der Waals surface area contributed by atoms with Gasteiger partial charge in [0.05, 0.1) is 26.2 Å². The van der Waals surface area contributed by atoms with Crippen LogP contribution < -0.4 is 0 Å². The Morgan fingerprint density at radius 3 is 1.05 bits per heavy atom. The summed E-state index contributed by atoms with van der Waals surface area (Å²) >= 11 is 0. The first-order valence-electron chi connectivity index (χ1n) is 9.09. The van der Waals surface area contributed by atoms with Gasteiger partial charge in [-0.1, -0.05) is 47.0 Å². The molecule has 0 amide bonds. The average molecular weight is 288 g/mol. The van der Waals surface area contributed by atoms with Crippen LogP contribution in [0.3, 0.4) is 0 Å². The van der Waals surface area contributed by atoms with Gasteiger partial charge < -0.3 is 9.96 Å². The number of unbranched alkanes of at least 4 members (excludes halogenated alkanes) is 6. The van der Waals surface area contributed by atoms with Crippen molar-refractivity contribution in [3.05, 3.63) is 0 Å². The molecule has 2 nitrogen and oxygen atoms in total. The van der Waals surface area contributed by atoms with Crippen LogP contribution in [0.4, 0.5) is 0 Å². The highest BCUT2D eigenvalue weighted by Gasteiger charge is 2.24. The van der Waals surface area contributed by atoms with Crippen molar-refractivity contribution in [2.75, 3.05) is 26.2 Å². The first-order valence-corrected chi connectivity index (χ1v) is 9.09. The Bertz CT molecular complexity index is 156. The molecule has 0 fully saturated rings. The van der Waals surface area contributed by atoms with Crippen LogP contribution in [0, 0.1) is 0 Å². The van der Waals surface area contributed by atoms with E-state index < -0.39 is 0 Å². The summed E-state index contributed by atoms with van der Waals surface area (Å²) in [5, 5.41) is 0. The van der Waals surface area contributed by atoms with Gasteiger partial charge in [0, 0.05) is 0 Å². The summed E-state index contributed by atoms with van der Waals surface area (Å²) in [5.74, 6) is 0. The van der Waals surface area contributed by atoms with Crippen LogP contribution in [0.15, 0.2) is 0 Å². The molecular weight excluding hydrogens is 246 g/mol. The summed E-state index contributed by atoms with van der Waals surface area (Å²) in [4.78, 5) is 0. The molecule has 2 heteroatoms. The highest BCUT2D eigenvalue weighted by atomic mass is 16.0. The molecule has 0 aromatic carbocycles. The maximum absolute atomic E-state index is 2.37. The van der Waals surface area contributed by atoms with E-state index in [1.54, 1.807) is 0 Å². The van der Waals surface area contributed by atoms with Gasteiger partial charge >= 0.3 is 0 Å². The molecule has 0 spiro atoms. The zero-order chi connectivity index (χ0) is 14.4. The highest BCUT2D eigenvalue weighted by Crippen LogP contribution is 2.17. The third-order valence-corrected chi connectivity index (χ3v) is 4.41. The number of quaternary nitrogens is 1. The fourth-order valence-electron chi connectivity index (χ4n) is 3.24. The second-order valence-corrected chi connectivity index (χ2v) is 6.36. The Balaban J connectivity index is 0. The summed E-state index contributed by atoms with van der Waals surface area (Å²) in [6.45, 7) is 15.1. The Labute approximate surface area is 128 Å². The zero-order valence-electron chi connectivity index (χ0n) is 14.8. The first-order chi connectivity index (χ1) is 9.24. The molecule has 0 aliphatic heterocycles. The van der Waals surface area contributed by atoms with Gasteiger partial charge in [-0.25, -0.2) is 0 Å². The molecule has 20 heavy (non-hydrogen) atoms. The van der Waals surface area contributed by atoms with E-state index >= 15 is 0 Å². The maximum atomic E-state index is 2.37. The smallest absolute Gasteiger partial charge is 0.0786 e.